The van der Waals surface area contributed by atoms with Crippen LogP contribution >= 0.6 is 11.3 Å². The van der Waals surface area contributed by atoms with E-state index in [1.165, 1.54) is 16.7 Å². The number of nitrogens with zero attached hydrogens (tertiary/aromatic N) is 1. The first-order chi connectivity index (χ1) is 11.6. The zero-order valence-electron chi connectivity index (χ0n) is 16.8. The molecule has 1 aromatic rings. The lowest BCUT2D eigenvalue weighted by molar-refractivity contribution is -0.119. The molecule has 0 aromatic carbocycles. The van der Waals surface area contributed by atoms with Crippen molar-refractivity contribution in [2.24, 2.45) is 4.99 Å². The predicted molar refractivity (Wildman–Crippen MR) is 110 cm³/mol. The number of aryl methyl sites for hydroxylation is 1. The zero-order valence-corrected chi connectivity index (χ0v) is 17.6. The van der Waals surface area contributed by atoms with Gasteiger partial charge in [-0.1, -0.05) is 46.8 Å². The van der Waals surface area contributed by atoms with Gasteiger partial charge in [-0.3, -0.25) is 9.79 Å². The van der Waals surface area contributed by atoms with Crippen molar-refractivity contribution in [3.05, 3.63) is 34.0 Å². The summed E-state index contributed by atoms with van der Waals surface area (Å²) in [5.74, 6) is -0.0348. The molecule has 24 heavy (non-hydrogen) atoms. The molecule has 1 atom stereocenters. The maximum atomic E-state index is 11.3. The van der Waals surface area contributed by atoms with Crippen LogP contribution in [0.3, 0.4) is 0 Å². The summed E-state index contributed by atoms with van der Waals surface area (Å²) < 4.78 is 0. The van der Waals surface area contributed by atoms with E-state index < -0.39 is 0 Å². The van der Waals surface area contributed by atoms with Crippen molar-refractivity contribution in [2.45, 2.75) is 80.8 Å². The van der Waals surface area contributed by atoms with Crippen molar-refractivity contribution in [3.8, 4) is 0 Å². The summed E-state index contributed by atoms with van der Waals surface area (Å²) in [6.45, 7) is 15.7. The topological polar surface area (TPSA) is 41.5 Å². The Kier molecular flexibility index (Phi) is 17.0. The second kappa shape index (κ2) is 16.4. The van der Waals surface area contributed by atoms with E-state index in [4.69, 9.17) is 0 Å². The Balaban J connectivity index is 0. The smallest absolute Gasteiger partial charge is 0.218 e. The van der Waals surface area contributed by atoms with Crippen molar-refractivity contribution in [2.75, 3.05) is 0 Å². The second-order valence-corrected chi connectivity index (χ2v) is 5.87. The van der Waals surface area contributed by atoms with Crippen LogP contribution in [-0.2, 0) is 11.2 Å². The molecule has 0 aliphatic rings. The highest BCUT2D eigenvalue weighted by molar-refractivity contribution is 7.14. The minimum Gasteiger partial charge on any atom is -0.335 e. The van der Waals surface area contributed by atoms with Crippen LogP contribution in [0.4, 0.5) is 0 Å². The molecule has 138 valence electrons. The fourth-order valence-electron chi connectivity index (χ4n) is 1.88. The number of hydrogen-bond acceptors (Lipinski definition) is 3. The Labute approximate surface area is 153 Å². The Morgan fingerprint density at radius 3 is 2.33 bits per heavy atom. The van der Waals surface area contributed by atoms with Gasteiger partial charge in [0, 0.05) is 16.7 Å². The number of amides is 1. The van der Waals surface area contributed by atoms with Crippen LogP contribution < -0.4 is 5.32 Å². The minimum atomic E-state index is -0.143. The lowest BCUT2D eigenvalue weighted by atomic mass is 10.2. The summed E-state index contributed by atoms with van der Waals surface area (Å²) in [5.41, 5.74) is 0.994. The van der Waals surface area contributed by atoms with Crippen molar-refractivity contribution >= 4 is 23.0 Å². The maximum Gasteiger partial charge on any atom is 0.218 e. The molecule has 1 heterocycles. The van der Waals surface area contributed by atoms with E-state index in [1.807, 2.05) is 47.6 Å². The van der Waals surface area contributed by atoms with Crippen LogP contribution in [0.25, 0.3) is 0 Å². The summed E-state index contributed by atoms with van der Waals surface area (Å²) in [6.07, 6.45) is 6.77. The standard InChI is InChI=1S/C16H24N2OS.2C2H6/c1-5-7-8-9-16(18-13(4)19)17-12(3)15-11-10-14(6-2)20-15;2*1-2/h5,7,10-11,16H,6,8-9H2,1-4H3,(H,18,19);2*1-2H3/b7-5-,17-12+;;. The van der Waals surface area contributed by atoms with Crippen molar-refractivity contribution in [1.82, 2.24) is 5.32 Å². The molecule has 0 saturated heterocycles. The molecule has 0 fully saturated rings. The third kappa shape index (κ3) is 11.2. The van der Waals surface area contributed by atoms with E-state index in [0.29, 0.717) is 0 Å². The highest BCUT2D eigenvalue weighted by atomic mass is 32.1. The number of hydrogen-bond donors (Lipinski definition) is 1. The van der Waals surface area contributed by atoms with Gasteiger partial charge < -0.3 is 5.32 Å². The van der Waals surface area contributed by atoms with Crippen LogP contribution in [0.5, 0.6) is 0 Å². The summed E-state index contributed by atoms with van der Waals surface area (Å²) in [6, 6.07) is 4.26. The fourth-order valence-corrected chi connectivity index (χ4v) is 2.78. The average Bonchev–Trinajstić information content (AvgIpc) is 3.07. The molecule has 0 saturated carbocycles. The largest absolute Gasteiger partial charge is 0.335 e. The fraction of sp³-hybridized carbons (Fsp3) is 0.600. The maximum absolute atomic E-state index is 11.3. The van der Waals surface area contributed by atoms with Crippen molar-refractivity contribution < 1.29 is 4.79 Å². The predicted octanol–water partition coefficient (Wildman–Crippen LogP) is 5.99. The molecule has 3 nitrogen and oxygen atoms in total. The summed E-state index contributed by atoms with van der Waals surface area (Å²) in [7, 11) is 0. The van der Waals surface area contributed by atoms with Crippen LogP contribution in [-0.4, -0.2) is 17.8 Å². The van der Waals surface area contributed by atoms with Gasteiger partial charge in [0.25, 0.3) is 0 Å². The molecule has 1 amide bonds. The van der Waals surface area contributed by atoms with Gasteiger partial charge in [-0.25, -0.2) is 0 Å². The number of nitrogens with one attached hydrogen (secondary N) is 1. The van der Waals surface area contributed by atoms with E-state index in [0.717, 1.165) is 25.0 Å². The summed E-state index contributed by atoms with van der Waals surface area (Å²) >= 11 is 1.77. The molecule has 0 radical (unpaired) electrons. The van der Waals surface area contributed by atoms with Gasteiger partial charge in [0.05, 0.1) is 5.71 Å². The summed E-state index contributed by atoms with van der Waals surface area (Å²) in [4.78, 5) is 18.5. The van der Waals surface area contributed by atoms with E-state index in [2.05, 4.69) is 35.4 Å². The Bertz CT molecular complexity index is 490. The van der Waals surface area contributed by atoms with Crippen LogP contribution in [0.2, 0.25) is 0 Å². The van der Waals surface area contributed by atoms with Gasteiger partial charge in [-0.2, -0.15) is 0 Å². The number of aliphatic imine (C=N–C) groups is 1. The Morgan fingerprint density at radius 1 is 1.25 bits per heavy atom. The zero-order chi connectivity index (χ0) is 19.0. The molecule has 1 rings (SSSR count). The third-order valence-corrected chi connectivity index (χ3v) is 4.27. The molecule has 1 N–H and O–H groups in total. The number of thiophene rings is 1. The quantitative estimate of drug-likeness (QED) is 0.475. The molecule has 0 aliphatic heterocycles. The SMILES string of the molecule is C/C=C\CCC(/N=C(\C)c1ccc(CC)s1)NC(C)=O.CC.CC. The van der Waals surface area contributed by atoms with Crippen molar-refractivity contribution in [1.29, 1.82) is 0 Å². The first-order valence-corrected chi connectivity index (χ1v) is 9.90. The number of rotatable bonds is 7. The molecular formula is C20H36N2OS. The lowest BCUT2D eigenvalue weighted by Crippen LogP contribution is -2.32. The molecule has 0 aliphatic carbocycles. The first kappa shape index (κ1) is 24.8. The Hall–Kier alpha value is -1.42. The monoisotopic (exact) mass is 352 g/mol. The molecule has 1 aromatic heterocycles. The van der Waals surface area contributed by atoms with Gasteiger partial charge in [0.2, 0.25) is 5.91 Å². The number of allylic oxidation sites excluding steroid dienone is 2. The lowest BCUT2D eigenvalue weighted by Gasteiger charge is -2.13. The molecule has 1 unspecified atom stereocenters. The third-order valence-electron chi connectivity index (χ3n) is 2.93. The minimum absolute atomic E-state index is 0.0348. The number of carbonyl (C=O) groups excluding carboxylic acids is 1. The van der Waals surface area contributed by atoms with Crippen molar-refractivity contribution in [3.63, 3.8) is 0 Å². The average molecular weight is 353 g/mol. The van der Waals surface area contributed by atoms with Gasteiger partial charge in [-0.15, -0.1) is 11.3 Å². The molecular weight excluding hydrogens is 316 g/mol. The number of carbonyl (C=O) groups is 1. The Morgan fingerprint density at radius 2 is 1.88 bits per heavy atom. The summed E-state index contributed by atoms with van der Waals surface area (Å²) in [5, 5.41) is 2.90. The second-order valence-electron chi connectivity index (χ2n) is 4.70. The molecule has 0 bridgehead atoms. The van der Waals surface area contributed by atoms with E-state index >= 15 is 0 Å². The molecule has 4 heteroatoms. The van der Waals surface area contributed by atoms with E-state index in [-0.39, 0.29) is 12.1 Å². The van der Waals surface area contributed by atoms with Gasteiger partial charge in [0.1, 0.15) is 6.17 Å². The normalized spacial score (nSPS) is 11.9. The van der Waals surface area contributed by atoms with Gasteiger partial charge in [-0.05, 0) is 45.2 Å². The van der Waals surface area contributed by atoms with Gasteiger partial charge >= 0.3 is 0 Å². The van der Waals surface area contributed by atoms with E-state index in [9.17, 15) is 4.79 Å². The van der Waals surface area contributed by atoms with Gasteiger partial charge in [0.15, 0.2) is 0 Å². The highest BCUT2D eigenvalue weighted by Gasteiger charge is 2.09. The van der Waals surface area contributed by atoms with Crippen LogP contribution in [0.1, 0.15) is 78.0 Å². The van der Waals surface area contributed by atoms with Crippen LogP contribution in [0, 0.1) is 0 Å². The van der Waals surface area contributed by atoms with Crippen LogP contribution in [0.15, 0.2) is 29.3 Å². The van der Waals surface area contributed by atoms with E-state index in [1.54, 1.807) is 11.3 Å². The highest BCUT2D eigenvalue weighted by Crippen LogP contribution is 2.18. The molecule has 0 spiro atoms. The first-order valence-electron chi connectivity index (χ1n) is 9.08.